The van der Waals surface area contributed by atoms with Gasteiger partial charge in [-0.1, -0.05) is 6.92 Å². The second kappa shape index (κ2) is 5.07. The molecule has 88 valence electrons. The van der Waals surface area contributed by atoms with Crippen molar-refractivity contribution >= 4 is 5.91 Å². The topological polar surface area (TPSA) is 59.2 Å². The van der Waals surface area contributed by atoms with E-state index in [9.17, 15) is 4.79 Å². The molecular weight excluding hydrogens is 202 g/mol. The van der Waals surface area contributed by atoms with Crippen LogP contribution in [0.5, 0.6) is 0 Å². The number of carbonyl (C=O) groups is 1. The minimum atomic E-state index is -0.776. The molecule has 0 aliphatic heterocycles. The van der Waals surface area contributed by atoms with Gasteiger partial charge in [0.1, 0.15) is 0 Å². The van der Waals surface area contributed by atoms with Gasteiger partial charge in [-0.15, -0.1) is 0 Å². The predicted molar refractivity (Wildman–Crippen MR) is 63.6 cm³/mol. The van der Waals surface area contributed by atoms with Crippen molar-refractivity contribution in [3.05, 3.63) is 30.1 Å². The predicted octanol–water partition coefficient (Wildman–Crippen LogP) is 1.17. The highest BCUT2D eigenvalue weighted by atomic mass is 16.2. The minimum absolute atomic E-state index is 0.0354. The van der Waals surface area contributed by atoms with E-state index in [0.29, 0.717) is 13.0 Å². The maximum absolute atomic E-state index is 12.0. The Balaban J connectivity index is 2.66. The van der Waals surface area contributed by atoms with Gasteiger partial charge in [0, 0.05) is 26.0 Å². The van der Waals surface area contributed by atoms with E-state index in [-0.39, 0.29) is 5.91 Å². The van der Waals surface area contributed by atoms with Crippen LogP contribution in [0.3, 0.4) is 0 Å². The molecule has 0 aliphatic rings. The van der Waals surface area contributed by atoms with Crippen molar-refractivity contribution in [1.29, 1.82) is 0 Å². The van der Waals surface area contributed by atoms with Crippen LogP contribution in [0.2, 0.25) is 0 Å². The summed E-state index contributed by atoms with van der Waals surface area (Å²) in [5.74, 6) is -0.0354. The highest BCUT2D eigenvalue weighted by Crippen LogP contribution is 2.11. The molecule has 1 unspecified atom stereocenters. The molecule has 0 bridgehead atoms. The first-order valence-electron chi connectivity index (χ1n) is 5.40. The van der Waals surface area contributed by atoms with E-state index >= 15 is 0 Å². The standard InChI is InChI=1S/C12H19N3O/c1-4-12(2,13)11(16)15(3)9-10-5-7-14-8-6-10/h5-8H,4,9,13H2,1-3H3. The Morgan fingerprint density at radius 2 is 2.06 bits per heavy atom. The quantitative estimate of drug-likeness (QED) is 0.830. The maximum Gasteiger partial charge on any atom is 0.242 e. The van der Waals surface area contributed by atoms with Gasteiger partial charge in [-0.2, -0.15) is 0 Å². The van der Waals surface area contributed by atoms with Gasteiger partial charge in [-0.05, 0) is 31.0 Å². The summed E-state index contributed by atoms with van der Waals surface area (Å²) in [6, 6.07) is 3.78. The molecule has 1 atom stereocenters. The fraction of sp³-hybridized carbons (Fsp3) is 0.500. The number of carbonyl (C=O) groups excluding carboxylic acids is 1. The Labute approximate surface area is 96.5 Å². The number of aromatic nitrogens is 1. The van der Waals surface area contributed by atoms with Crippen molar-refractivity contribution in [3.63, 3.8) is 0 Å². The lowest BCUT2D eigenvalue weighted by atomic mass is 9.98. The smallest absolute Gasteiger partial charge is 0.242 e. The number of nitrogens with two attached hydrogens (primary N) is 1. The van der Waals surface area contributed by atoms with Crippen LogP contribution in [0.1, 0.15) is 25.8 Å². The molecule has 0 fully saturated rings. The summed E-state index contributed by atoms with van der Waals surface area (Å²) in [6.45, 7) is 4.24. The molecule has 4 nitrogen and oxygen atoms in total. The summed E-state index contributed by atoms with van der Waals surface area (Å²) in [6.07, 6.45) is 4.07. The van der Waals surface area contributed by atoms with Crippen molar-refractivity contribution in [2.75, 3.05) is 7.05 Å². The number of hydrogen-bond acceptors (Lipinski definition) is 3. The van der Waals surface area contributed by atoms with Gasteiger partial charge >= 0.3 is 0 Å². The first-order chi connectivity index (χ1) is 7.47. The number of nitrogens with zero attached hydrogens (tertiary/aromatic N) is 2. The van der Waals surface area contributed by atoms with Crippen molar-refractivity contribution in [3.8, 4) is 0 Å². The Morgan fingerprint density at radius 1 is 1.50 bits per heavy atom. The lowest BCUT2D eigenvalue weighted by Crippen LogP contribution is -2.51. The van der Waals surface area contributed by atoms with Crippen molar-refractivity contribution in [2.45, 2.75) is 32.4 Å². The largest absolute Gasteiger partial charge is 0.340 e. The van der Waals surface area contributed by atoms with Crippen LogP contribution in [-0.4, -0.2) is 28.4 Å². The number of amides is 1. The molecule has 1 aromatic heterocycles. The van der Waals surface area contributed by atoms with Gasteiger partial charge in [0.05, 0.1) is 5.54 Å². The molecule has 1 heterocycles. The van der Waals surface area contributed by atoms with Crippen LogP contribution in [0.15, 0.2) is 24.5 Å². The van der Waals surface area contributed by atoms with Crippen LogP contribution in [0.4, 0.5) is 0 Å². The summed E-state index contributed by atoms with van der Waals surface area (Å²) in [5, 5.41) is 0. The van der Waals surface area contributed by atoms with Crippen LogP contribution in [-0.2, 0) is 11.3 Å². The Bertz CT molecular complexity index is 349. The molecule has 2 N–H and O–H groups in total. The van der Waals surface area contributed by atoms with E-state index in [4.69, 9.17) is 5.73 Å². The Hall–Kier alpha value is -1.42. The van der Waals surface area contributed by atoms with Gasteiger partial charge in [0.2, 0.25) is 5.91 Å². The van der Waals surface area contributed by atoms with E-state index in [1.165, 1.54) is 0 Å². The third kappa shape index (κ3) is 3.03. The van der Waals surface area contributed by atoms with E-state index in [2.05, 4.69) is 4.98 Å². The van der Waals surface area contributed by atoms with Gasteiger partial charge < -0.3 is 10.6 Å². The number of likely N-dealkylation sites (N-methyl/N-ethyl adjacent to an activating group) is 1. The molecule has 1 aromatic rings. The third-order valence-corrected chi connectivity index (χ3v) is 2.74. The van der Waals surface area contributed by atoms with E-state index in [1.54, 1.807) is 31.3 Å². The average Bonchev–Trinajstić information content (AvgIpc) is 2.29. The Kier molecular flexibility index (Phi) is 4.01. The molecule has 1 rings (SSSR count). The van der Waals surface area contributed by atoms with Gasteiger partial charge in [0.15, 0.2) is 0 Å². The van der Waals surface area contributed by atoms with Gasteiger partial charge in [0.25, 0.3) is 0 Å². The van der Waals surface area contributed by atoms with E-state index in [1.807, 2.05) is 19.1 Å². The molecule has 4 heteroatoms. The molecule has 1 amide bonds. The lowest BCUT2D eigenvalue weighted by Gasteiger charge is -2.28. The molecule has 0 aliphatic carbocycles. The molecule has 16 heavy (non-hydrogen) atoms. The van der Waals surface area contributed by atoms with Crippen molar-refractivity contribution in [1.82, 2.24) is 9.88 Å². The summed E-state index contributed by atoms with van der Waals surface area (Å²) in [4.78, 5) is 17.6. The fourth-order valence-corrected chi connectivity index (χ4v) is 1.42. The Morgan fingerprint density at radius 3 is 2.56 bits per heavy atom. The normalized spacial score (nSPS) is 14.2. The highest BCUT2D eigenvalue weighted by molar-refractivity contribution is 5.85. The molecule has 0 aromatic carbocycles. The van der Waals surface area contributed by atoms with Gasteiger partial charge in [-0.25, -0.2) is 0 Å². The second-order valence-electron chi connectivity index (χ2n) is 4.29. The summed E-state index contributed by atoms with van der Waals surface area (Å²) in [5.41, 5.74) is 6.19. The lowest BCUT2D eigenvalue weighted by molar-refractivity contribution is -0.135. The summed E-state index contributed by atoms with van der Waals surface area (Å²) < 4.78 is 0. The van der Waals surface area contributed by atoms with Crippen molar-refractivity contribution < 1.29 is 4.79 Å². The monoisotopic (exact) mass is 221 g/mol. The zero-order valence-electron chi connectivity index (χ0n) is 10.1. The molecular formula is C12H19N3O. The molecule has 0 radical (unpaired) electrons. The van der Waals surface area contributed by atoms with Crippen LogP contribution >= 0.6 is 0 Å². The van der Waals surface area contributed by atoms with Crippen molar-refractivity contribution in [2.24, 2.45) is 5.73 Å². The van der Waals surface area contributed by atoms with Crippen LogP contribution in [0, 0.1) is 0 Å². The van der Waals surface area contributed by atoms with Gasteiger partial charge in [-0.3, -0.25) is 9.78 Å². The average molecular weight is 221 g/mol. The molecule has 0 saturated carbocycles. The van der Waals surface area contributed by atoms with Crippen LogP contribution in [0.25, 0.3) is 0 Å². The first kappa shape index (κ1) is 12.6. The van der Waals surface area contributed by atoms with E-state index < -0.39 is 5.54 Å². The maximum atomic E-state index is 12.0. The third-order valence-electron chi connectivity index (χ3n) is 2.74. The van der Waals surface area contributed by atoms with E-state index in [0.717, 1.165) is 5.56 Å². The summed E-state index contributed by atoms with van der Waals surface area (Å²) in [7, 11) is 1.77. The highest BCUT2D eigenvalue weighted by Gasteiger charge is 2.28. The number of pyridine rings is 1. The zero-order valence-corrected chi connectivity index (χ0v) is 10.1. The minimum Gasteiger partial charge on any atom is -0.340 e. The SMILES string of the molecule is CCC(C)(N)C(=O)N(C)Cc1ccncc1. The van der Waals surface area contributed by atoms with Crippen LogP contribution < -0.4 is 5.73 Å². The molecule has 0 spiro atoms. The molecule has 0 saturated heterocycles. The first-order valence-corrected chi connectivity index (χ1v) is 5.40. The zero-order chi connectivity index (χ0) is 12.2. The number of rotatable bonds is 4. The number of hydrogen-bond donors (Lipinski definition) is 1. The summed E-state index contributed by atoms with van der Waals surface area (Å²) >= 11 is 0. The fourth-order valence-electron chi connectivity index (χ4n) is 1.42. The second-order valence-corrected chi connectivity index (χ2v) is 4.29.